The second-order valence-electron chi connectivity index (χ2n) is 4.25. The number of aryl methyl sites for hydroxylation is 1. The predicted octanol–water partition coefficient (Wildman–Crippen LogP) is 1.48. The standard InChI is InChI=1S/C14H18N4/c15-18-14(11-13-6-2-4-10-17-13)8-7-12-5-1-3-9-16-12/h1-6,9-10,14,18H,7-8,11,15H2. The highest BCUT2D eigenvalue weighted by Gasteiger charge is 2.08. The zero-order valence-electron chi connectivity index (χ0n) is 10.3. The molecule has 94 valence electrons. The number of rotatable bonds is 6. The van der Waals surface area contributed by atoms with Crippen LogP contribution in [0.2, 0.25) is 0 Å². The Morgan fingerprint density at radius 2 is 1.67 bits per heavy atom. The van der Waals surface area contributed by atoms with Crippen LogP contribution >= 0.6 is 0 Å². The van der Waals surface area contributed by atoms with Gasteiger partial charge < -0.3 is 0 Å². The van der Waals surface area contributed by atoms with E-state index in [1.54, 1.807) is 0 Å². The fraction of sp³-hybridized carbons (Fsp3) is 0.286. The van der Waals surface area contributed by atoms with Crippen LogP contribution in [-0.4, -0.2) is 16.0 Å². The molecule has 0 amide bonds. The van der Waals surface area contributed by atoms with Gasteiger partial charge in [-0.2, -0.15) is 0 Å². The highest BCUT2D eigenvalue weighted by Crippen LogP contribution is 2.06. The number of aromatic nitrogens is 2. The van der Waals surface area contributed by atoms with Crippen LogP contribution in [0.4, 0.5) is 0 Å². The lowest BCUT2D eigenvalue weighted by Crippen LogP contribution is -2.37. The summed E-state index contributed by atoms with van der Waals surface area (Å²) in [4.78, 5) is 8.62. The molecule has 1 unspecified atom stereocenters. The summed E-state index contributed by atoms with van der Waals surface area (Å²) in [5.41, 5.74) is 5.01. The minimum atomic E-state index is 0.224. The van der Waals surface area contributed by atoms with Crippen LogP contribution in [0.1, 0.15) is 17.8 Å². The van der Waals surface area contributed by atoms with Crippen LogP contribution in [0.3, 0.4) is 0 Å². The maximum Gasteiger partial charge on any atom is 0.0419 e. The summed E-state index contributed by atoms with van der Waals surface area (Å²) < 4.78 is 0. The van der Waals surface area contributed by atoms with Gasteiger partial charge >= 0.3 is 0 Å². The third-order valence-electron chi connectivity index (χ3n) is 2.89. The van der Waals surface area contributed by atoms with Crippen LogP contribution in [0, 0.1) is 0 Å². The van der Waals surface area contributed by atoms with Crippen molar-refractivity contribution < 1.29 is 0 Å². The maximum atomic E-state index is 5.59. The smallest absolute Gasteiger partial charge is 0.0419 e. The molecule has 0 radical (unpaired) electrons. The predicted molar refractivity (Wildman–Crippen MR) is 71.6 cm³/mol. The van der Waals surface area contributed by atoms with Crippen molar-refractivity contribution in [3.8, 4) is 0 Å². The Morgan fingerprint density at radius 3 is 2.22 bits per heavy atom. The normalized spacial score (nSPS) is 12.3. The molecule has 3 N–H and O–H groups in total. The van der Waals surface area contributed by atoms with Gasteiger partial charge in [0.2, 0.25) is 0 Å². The van der Waals surface area contributed by atoms with Gasteiger partial charge in [-0.3, -0.25) is 21.2 Å². The number of nitrogens with one attached hydrogen (secondary N) is 1. The molecule has 0 aliphatic heterocycles. The fourth-order valence-corrected chi connectivity index (χ4v) is 1.88. The minimum Gasteiger partial charge on any atom is -0.271 e. The Hall–Kier alpha value is -1.78. The molecule has 0 saturated carbocycles. The number of nitrogens with two attached hydrogens (primary N) is 1. The topological polar surface area (TPSA) is 63.8 Å². The summed E-state index contributed by atoms with van der Waals surface area (Å²) in [7, 11) is 0. The van der Waals surface area contributed by atoms with Crippen molar-refractivity contribution in [1.82, 2.24) is 15.4 Å². The van der Waals surface area contributed by atoms with E-state index in [1.165, 1.54) is 0 Å². The van der Waals surface area contributed by atoms with Gasteiger partial charge in [0.1, 0.15) is 0 Å². The first-order valence-corrected chi connectivity index (χ1v) is 6.14. The molecule has 4 nitrogen and oxygen atoms in total. The lowest BCUT2D eigenvalue weighted by molar-refractivity contribution is 0.485. The second kappa shape index (κ2) is 6.83. The Balaban J connectivity index is 1.86. The molecule has 0 aromatic carbocycles. The van der Waals surface area contributed by atoms with E-state index in [0.29, 0.717) is 0 Å². The van der Waals surface area contributed by atoms with Crippen LogP contribution in [-0.2, 0) is 12.8 Å². The van der Waals surface area contributed by atoms with Gasteiger partial charge in [0.05, 0.1) is 0 Å². The average molecular weight is 242 g/mol. The van der Waals surface area contributed by atoms with Crippen LogP contribution in [0.5, 0.6) is 0 Å². The number of hydrazine groups is 1. The number of hydrogen-bond donors (Lipinski definition) is 2. The van der Waals surface area contributed by atoms with Gasteiger partial charge in [0.25, 0.3) is 0 Å². The number of pyridine rings is 2. The minimum absolute atomic E-state index is 0.224. The van der Waals surface area contributed by atoms with Crippen molar-refractivity contribution in [1.29, 1.82) is 0 Å². The molecule has 2 aromatic heterocycles. The van der Waals surface area contributed by atoms with Crippen LogP contribution in [0.15, 0.2) is 48.8 Å². The fourth-order valence-electron chi connectivity index (χ4n) is 1.88. The van der Waals surface area contributed by atoms with Crippen molar-refractivity contribution in [2.45, 2.75) is 25.3 Å². The molecule has 0 aliphatic rings. The molecule has 1 atom stereocenters. The molecule has 2 aromatic rings. The summed E-state index contributed by atoms with van der Waals surface area (Å²) in [6.07, 6.45) is 6.33. The van der Waals surface area contributed by atoms with Gasteiger partial charge in [-0.15, -0.1) is 0 Å². The van der Waals surface area contributed by atoms with E-state index in [2.05, 4.69) is 15.4 Å². The molecular formula is C14H18N4. The van der Waals surface area contributed by atoms with E-state index in [0.717, 1.165) is 30.7 Å². The van der Waals surface area contributed by atoms with Crippen molar-refractivity contribution >= 4 is 0 Å². The highest BCUT2D eigenvalue weighted by molar-refractivity contribution is 5.07. The first kappa shape index (κ1) is 12.7. The van der Waals surface area contributed by atoms with Crippen molar-refractivity contribution in [3.05, 3.63) is 60.2 Å². The van der Waals surface area contributed by atoms with Crippen LogP contribution < -0.4 is 11.3 Å². The van der Waals surface area contributed by atoms with E-state index >= 15 is 0 Å². The van der Waals surface area contributed by atoms with E-state index < -0.39 is 0 Å². The largest absolute Gasteiger partial charge is 0.271 e. The first-order valence-electron chi connectivity index (χ1n) is 6.14. The average Bonchev–Trinajstić information content (AvgIpc) is 2.45. The molecule has 0 saturated heterocycles. The van der Waals surface area contributed by atoms with Gasteiger partial charge in [-0.1, -0.05) is 12.1 Å². The second-order valence-corrected chi connectivity index (χ2v) is 4.25. The van der Waals surface area contributed by atoms with E-state index in [9.17, 15) is 0 Å². The third kappa shape index (κ3) is 3.91. The summed E-state index contributed by atoms with van der Waals surface area (Å²) >= 11 is 0. The highest BCUT2D eigenvalue weighted by atomic mass is 15.2. The lowest BCUT2D eigenvalue weighted by atomic mass is 10.0. The SMILES string of the molecule is NNC(CCc1ccccn1)Cc1ccccn1. The van der Waals surface area contributed by atoms with Crippen molar-refractivity contribution in [3.63, 3.8) is 0 Å². The molecular weight excluding hydrogens is 224 g/mol. The zero-order chi connectivity index (χ0) is 12.6. The number of hydrogen-bond acceptors (Lipinski definition) is 4. The molecule has 0 fully saturated rings. The van der Waals surface area contributed by atoms with E-state index in [4.69, 9.17) is 5.84 Å². The molecule has 0 bridgehead atoms. The summed E-state index contributed by atoms with van der Waals surface area (Å²) in [6.45, 7) is 0. The summed E-state index contributed by atoms with van der Waals surface area (Å²) in [5.74, 6) is 5.59. The Kier molecular flexibility index (Phi) is 4.81. The zero-order valence-corrected chi connectivity index (χ0v) is 10.3. The van der Waals surface area contributed by atoms with Crippen molar-refractivity contribution in [2.24, 2.45) is 5.84 Å². The Labute approximate surface area is 107 Å². The molecule has 0 spiro atoms. The molecule has 2 rings (SSSR count). The van der Waals surface area contributed by atoms with Gasteiger partial charge in [-0.05, 0) is 37.1 Å². The Bertz CT molecular complexity index is 444. The van der Waals surface area contributed by atoms with E-state index in [-0.39, 0.29) is 6.04 Å². The first-order chi connectivity index (χ1) is 8.88. The van der Waals surface area contributed by atoms with E-state index in [1.807, 2.05) is 48.8 Å². The monoisotopic (exact) mass is 242 g/mol. The maximum absolute atomic E-state index is 5.59. The third-order valence-corrected chi connectivity index (χ3v) is 2.89. The van der Waals surface area contributed by atoms with Gasteiger partial charge in [0.15, 0.2) is 0 Å². The molecule has 18 heavy (non-hydrogen) atoms. The molecule has 2 heterocycles. The Morgan fingerprint density at radius 1 is 1.00 bits per heavy atom. The van der Waals surface area contributed by atoms with Gasteiger partial charge in [-0.25, -0.2) is 0 Å². The molecule has 4 heteroatoms. The van der Waals surface area contributed by atoms with Crippen LogP contribution in [0.25, 0.3) is 0 Å². The van der Waals surface area contributed by atoms with Gasteiger partial charge in [0, 0.05) is 36.2 Å². The summed E-state index contributed by atoms with van der Waals surface area (Å²) in [5, 5.41) is 0. The molecule has 0 aliphatic carbocycles. The summed E-state index contributed by atoms with van der Waals surface area (Å²) in [6, 6.07) is 12.1. The van der Waals surface area contributed by atoms with Crippen molar-refractivity contribution in [2.75, 3.05) is 0 Å². The quantitative estimate of drug-likeness (QED) is 0.595. The lowest BCUT2D eigenvalue weighted by Gasteiger charge is -2.14. The number of nitrogens with zero attached hydrogens (tertiary/aromatic N) is 2.